The lowest BCUT2D eigenvalue weighted by Gasteiger charge is -2.17. The van der Waals surface area contributed by atoms with E-state index in [1.807, 2.05) is 19.1 Å². The van der Waals surface area contributed by atoms with Crippen LogP contribution in [0.25, 0.3) is 11.7 Å². The molecule has 0 aliphatic heterocycles. The number of amides is 1. The zero-order chi connectivity index (χ0) is 19.2. The van der Waals surface area contributed by atoms with Crippen molar-refractivity contribution in [3.8, 4) is 11.7 Å². The fraction of sp³-hybridized carbons (Fsp3) is 0.316. The van der Waals surface area contributed by atoms with Gasteiger partial charge in [0.2, 0.25) is 0 Å². The van der Waals surface area contributed by atoms with Crippen LogP contribution >= 0.6 is 11.6 Å². The topological polar surface area (TPSA) is 85.6 Å². The van der Waals surface area contributed by atoms with Crippen molar-refractivity contribution in [1.29, 1.82) is 0 Å². The third-order valence-corrected chi connectivity index (χ3v) is 4.57. The van der Waals surface area contributed by atoms with Gasteiger partial charge in [0.1, 0.15) is 0 Å². The number of carbonyl (C=O) groups is 1. The second kappa shape index (κ2) is 8.83. The molecule has 0 bridgehead atoms. The number of nitrogens with one attached hydrogen (secondary N) is 2. The third-order valence-electron chi connectivity index (χ3n) is 4.16. The minimum atomic E-state index is -0.0883. The smallest absolute Gasteiger partial charge is 0.283 e. The second-order valence-corrected chi connectivity index (χ2v) is 6.70. The Morgan fingerprint density at radius 3 is 2.85 bits per heavy atom. The molecule has 27 heavy (non-hydrogen) atoms. The van der Waals surface area contributed by atoms with Crippen molar-refractivity contribution in [3.63, 3.8) is 0 Å². The van der Waals surface area contributed by atoms with Gasteiger partial charge in [-0.3, -0.25) is 4.79 Å². The molecule has 1 unspecified atom stereocenters. The molecule has 1 atom stereocenters. The third kappa shape index (κ3) is 4.96. The maximum absolute atomic E-state index is 12.5. The Hall–Kier alpha value is -2.64. The molecule has 3 aromatic rings. The molecule has 3 rings (SSSR count). The molecule has 2 aromatic heterocycles. The summed E-state index contributed by atoms with van der Waals surface area (Å²) in [7, 11) is 0. The predicted molar refractivity (Wildman–Crippen MR) is 102 cm³/mol. The lowest BCUT2D eigenvalue weighted by atomic mass is 10.2. The summed E-state index contributed by atoms with van der Waals surface area (Å²) in [6, 6.07) is 8.97. The number of aromatic nitrogens is 2. The minimum absolute atomic E-state index is 0.0883. The number of nitrogens with zero attached hydrogens (tertiary/aromatic N) is 2. The van der Waals surface area contributed by atoms with E-state index in [2.05, 4.69) is 22.4 Å². The Morgan fingerprint density at radius 1 is 1.26 bits per heavy atom. The SMILES string of the molecule is CCC[NH+](CC(=O)Nc1cccc(Cl)c1C)Cc1nnc(-c2ccco2)o1. The van der Waals surface area contributed by atoms with Crippen molar-refractivity contribution in [2.45, 2.75) is 26.8 Å². The number of benzene rings is 1. The second-order valence-electron chi connectivity index (χ2n) is 6.29. The molecule has 1 aromatic carbocycles. The molecule has 7 nitrogen and oxygen atoms in total. The first-order valence-corrected chi connectivity index (χ1v) is 9.19. The quantitative estimate of drug-likeness (QED) is 0.618. The van der Waals surface area contributed by atoms with E-state index in [-0.39, 0.29) is 12.5 Å². The first kappa shape index (κ1) is 19.1. The lowest BCUT2D eigenvalue weighted by Crippen LogP contribution is -3.11. The summed E-state index contributed by atoms with van der Waals surface area (Å²) in [5, 5.41) is 11.6. The first-order chi connectivity index (χ1) is 13.1. The van der Waals surface area contributed by atoms with Crippen molar-refractivity contribution >= 4 is 23.2 Å². The van der Waals surface area contributed by atoms with Crippen LogP contribution in [0.15, 0.2) is 45.4 Å². The van der Waals surface area contributed by atoms with Crippen molar-refractivity contribution in [2.24, 2.45) is 0 Å². The molecule has 142 valence electrons. The molecule has 0 spiro atoms. The van der Waals surface area contributed by atoms with Gasteiger partial charge in [0, 0.05) is 10.7 Å². The molecule has 0 fully saturated rings. The largest absolute Gasteiger partial charge is 0.459 e. The average Bonchev–Trinajstić information content (AvgIpc) is 3.30. The Kier molecular flexibility index (Phi) is 6.26. The number of anilines is 1. The Balaban J connectivity index is 1.63. The zero-order valence-corrected chi connectivity index (χ0v) is 16.0. The Bertz CT molecular complexity index is 892. The van der Waals surface area contributed by atoms with Crippen LogP contribution < -0.4 is 10.2 Å². The number of carbonyl (C=O) groups excluding carboxylic acids is 1. The van der Waals surface area contributed by atoms with Gasteiger partial charge in [0.05, 0.1) is 12.8 Å². The van der Waals surface area contributed by atoms with Gasteiger partial charge in [-0.1, -0.05) is 24.6 Å². The van der Waals surface area contributed by atoms with Gasteiger partial charge in [-0.05, 0) is 43.2 Å². The number of hydrogen-bond donors (Lipinski definition) is 2. The maximum Gasteiger partial charge on any atom is 0.283 e. The molecular weight excluding hydrogens is 368 g/mol. The van der Waals surface area contributed by atoms with Crippen LogP contribution in [0.4, 0.5) is 5.69 Å². The van der Waals surface area contributed by atoms with E-state index >= 15 is 0 Å². The number of furan rings is 1. The molecule has 1 amide bonds. The summed E-state index contributed by atoms with van der Waals surface area (Å²) in [4.78, 5) is 13.5. The highest BCUT2D eigenvalue weighted by molar-refractivity contribution is 6.31. The van der Waals surface area contributed by atoms with Gasteiger partial charge in [-0.2, -0.15) is 0 Å². The van der Waals surface area contributed by atoms with Crippen molar-refractivity contribution in [1.82, 2.24) is 10.2 Å². The standard InChI is InChI=1S/C19H21ClN4O3/c1-3-9-24(11-17(25)21-15-7-4-6-14(20)13(15)2)12-18-22-23-19(27-18)16-8-5-10-26-16/h4-8,10H,3,9,11-12H2,1-2H3,(H,21,25)/p+1. The number of hydrogen-bond acceptors (Lipinski definition) is 5. The lowest BCUT2D eigenvalue weighted by molar-refractivity contribution is -0.907. The maximum atomic E-state index is 12.5. The van der Waals surface area contributed by atoms with E-state index in [0.29, 0.717) is 29.1 Å². The van der Waals surface area contributed by atoms with Gasteiger partial charge < -0.3 is 19.1 Å². The van der Waals surface area contributed by atoms with Gasteiger partial charge in [-0.25, -0.2) is 0 Å². The van der Waals surface area contributed by atoms with E-state index < -0.39 is 0 Å². The molecule has 0 saturated carbocycles. The Labute approximate surface area is 162 Å². The van der Waals surface area contributed by atoms with Gasteiger partial charge in [0.15, 0.2) is 18.8 Å². The molecule has 0 saturated heterocycles. The fourth-order valence-electron chi connectivity index (χ4n) is 2.80. The molecule has 8 heteroatoms. The van der Waals surface area contributed by atoms with Crippen molar-refractivity contribution < 1.29 is 18.5 Å². The zero-order valence-electron chi connectivity index (χ0n) is 15.3. The monoisotopic (exact) mass is 389 g/mol. The highest BCUT2D eigenvalue weighted by Crippen LogP contribution is 2.22. The highest BCUT2D eigenvalue weighted by Gasteiger charge is 2.19. The molecule has 0 aliphatic rings. The summed E-state index contributed by atoms with van der Waals surface area (Å²) in [5.74, 6) is 1.25. The summed E-state index contributed by atoms with van der Waals surface area (Å²) < 4.78 is 10.9. The van der Waals surface area contributed by atoms with Gasteiger partial charge in [0.25, 0.3) is 17.7 Å². The number of quaternary nitrogens is 1. The van der Waals surface area contributed by atoms with E-state index in [0.717, 1.165) is 29.1 Å². The predicted octanol–water partition coefficient (Wildman–Crippen LogP) is 2.73. The van der Waals surface area contributed by atoms with Gasteiger partial charge in [-0.15, -0.1) is 10.2 Å². The van der Waals surface area contributed by atoms with E-state index in [1.54, 1.807) is 24.5 Å². The summed E-state index contributed by atoms with van der Waals surface area (Å²) in [6.45, 7) is 5.51. The highest BCUT2D eigenvalue weighted by atomic mass is 35.5. The van der Waals surface area contributed by atoms with Crippen LogP contribution in [0.1, 0.15) is 24.8 Å². The minimum Gasteiger partial charge on any atom is -0.459 e. The van der Waals surface area contributed by atoms with E-state index in [9.17, 15) is 4.79 Å². The average molecular weight is 390 g/mol. The van der Waals surface area contributed by atoms with Crippen LogP contribution in [0, 0.1) is 6.92 Å². The van der Waals surface area contributed by atoms with Crippen LogP contribution in [0.5, 0.6) is 0 Å². The van der Waals surface area contributed by atoms with Crippen LogP contribution in [0.2, 0.25) is 5.02 Å². The molecule has 0 radical (unpaired) electrons. The molecular formula is C19H22ClN4O3+. The van der Waals surface area contributed by atoms with Crippen LogP contribution in [-0.4, -0.2) is 29.2 Å². The summed E-state index contributed by atoms with van der Waals surface area (Å²) in [6.07, 6.45) is 2.48. The summed E-state index contributed by atoms with van der Waals surface area (Å²) in [5.41, 5.74) is 1.57. The van der Waals surface area contributed by atoms with Crippen LogP contribution in [0.3, 0.4) is 0 Å². The van der Waals surface area contributed by atoms with E-state index in [4.69, 9.17) is 20.4 Å². The van der Waals surface area contributed by atoms with Crippen molar-refractivity contribution in [3.05, 3.63) is 53.1 Å². The molecule has 2 heterocycles. The number of rotatable bonds is 8. The van der Waals surface area contributed by atoms with Gasteiger partial charge >= 0.3 is 0 Å². The van der Waals surface area contributed by atoms with E-state index in [1.165, 1.54) is 0 Å². The normalized spacial score (nSPS) is 12.1. The molecule has 2 N–H and O–H groups in total. The molecule has 0 aliphatic carbocycles. The fourth-order valence-corrected chi connectivity index (χ4v) is 2.97. The number of halogens is 1. The first-order valence-electron chi connectivity index (χ1n) is 8.81. The summed E-state index contributed by atoms with van der Waals surface area (Å²) >= 11 is 6.11. The van der Waals surface area contributed by atoms with Crippen LogP contribution in [-0.2, 0) is 11.3 Å². The Morgan fingerprint density at radius 2 is 2.11 bits per heavy atom. The van der Waals surface area contributed by atoms with Crippen molar-refractivity contribution in [2.75, 3.05) is 18.4 Å².